The number of hydrogen-bond donors (Lipinski definition) is 1. The predicted octanol–water partition coefficient (Wildman–Crippen LogP) is 2.42. The lowest BCUT2D eigenvalue weighted by Gasteiger charge is -2.01. The van der Waals surface area contributed by atoms with Gasteiger partial charge in [-0.05, 0) is 13.3 Å². The Labute approximate surface area is 71.9 Å². The van der Waals surface area contributed by atoms with Crippen LogP contribution < -0.4 is 0 Å². The van der Waals surface area contributed by atoms with Crippen molar-refractivity contribution in [1.29, 1.82) is 0 Å². The van der Waals surface area contributed by atoms with Gasteiger partial charge in [0.15, 0.2) is 0 Å². The van der Waals surface area contributed by atoms with Crippen molar-refractivity contribution >= 4 is 17.6 Å². The smallest absolute Gasteiger partial charge is 0.330 e. The maximum Gasteiger partial charge on any atom is 0.330 e. The summed E-state index contributed by atoms with van der Waals surface area (Å²) in [6.45, 7) is 3.56. The third kappa shape index (κ3) is 4.85. The number of alkyl halides is 1. The monoisotopic (exact) mass is 176 g/mol. The minimum Gasteiger partial charge on any atom is -0.478 e. The lowest BCUT2D eigenvalue weighted by atomic mass is 10.2. The molecular weight excluding hydrogens is 164 g/mol. The molecule has 0 aliphatic carbocycles. The Morgan fingerprint density at radius 1 is 1.73 bits per heavy atom. The van der Waals surface area contributed by atoms with Gasteiger partial charge in [0.1, 0.15) is 0 Å². The van der Waals surface area contributed by atoms with Crippen LogP contribution in [0, 0.1) is 0 Å². The Balaban J connectivity index is 3.96. The van der Waals surface area contributed by atoms with Crippen LogP contribution >= 0.6 is 11.6 Å². The number of aliphatic carboxylic acids is 1. The summed E-state index contributed by atoms with van der Waals surface area (Å²) in [4.78, 5) is 10.3. The van der Waals surface area contributed by atoms with Crippen molar-refractivity contribution < 1.29 is 9.90 Å². The second-order valence-corrected chi connectivity index (χ2v) is 3.02. The second kappa shape index (κ2) is 5.19. The van der Waals surface area contributed by atoms with Gasteiger partial charge >= 0.3 is 5.97 Å². The largest absolute Gasteiger partial charge is 0.478 e. The molecule has 1 atom stereocenters. The highest BCUT2D eigenvalue weighted by Crippen LogP contribution is 2.09. The minimum atomic E-state index is -0.897. The van der Waals surface area contributed by atoms with Crippen molar-refractivity contribution in [1.82, 2.24) is 0 Å². The van der Waals surface area contributed by atoms with Crippen LogP contribution in [-0.4, -0.2) is 16.5 Å². The Morgan fingerprint density at radius 2 is 2.27 bits per heavy atom. The molecule has 3 heteroatoms. The molecule has 1 unspecified atom stereocenters. The van der Waals surface area contributed by atoms with Gasteiger partial charge < -0.3 is 5.11 Å². The second-order valence-electron chi connectivity index (χ2n) is 2.46. The summed E-state index contributed by atoms with van der Waals surface area (Å²) >= 11 is 5.78. The molecule has 0 amide bonds. The Hall–Kier alpha value is -0.500. The highest BCUT2D eigenvalue weighted by Gasteiger charge is 2.03. The van der Waals surface area contributed by atoms with Crippen LogP contribution in [0.4, 0.5) is 0 Å². The zero-order valence-electron chi connectivity index (χ0n) is 6.80. The topological polar surface area (TPSA) is 37.3 Å². The van der Waals surface area contributed by atoms with Crippen LogP contribution in [0.5, 0.6) is 0 Å². The maximum atomic E-state index is 10.3. The summed E-state index contributed by atoms with van der Waals surface area (Å²) in [5, 5.41) is 8.33. The normalized spacial score (nSPS) is 14.6. The summed E-state index contributed by atoms with van der Waals surface area (Å²) in [5.41, 5.74) is 0.318. The number of hydrogen-bond acceptors (Lipinski definition) is 1. The first kappa shape index (κ1) is 10.5. The average Bonchev–Trinajstić information content (AvgIpc) is 1.87. The van der Waals surface area contributed by atoms with E-state index in [9.17, 15) is 4.79 Å². The number of carbonyl (C=O) groups is 1. The van der Waals surface area contributed by atoms with Crippen molar-refractivity contribution in [2.45, 2.75) is 32.1 Å². The van der Waals surface area contributed by atoms with Crippen molar-refractivity contribution in [2.24, 2.45) is 0 Å². The zero-order valence-corrected chi connectivity index (χ0v) is 7.56. The van der Waals surface area contributed by atoms with Crippen molar-refractivity contribution in [3.63, 3.8) is 0 Å². The molecule has 0 radical (unpaired) electrons. The van der Waals surface area contributed by atoms with Crippen LogP contribution in [0.2, 0.25) is 0 Å². The molecule has 0 fully saturated rings. The molecule has 0 aromatic rings. The number of carboxylic acids is 1. The SMILES string of the molecule is CCCC(Cl)C=C(C)C(=O)O. The Kier molecular flexibility index (Phi) is 4.95. The first-order chi connectivity index (χ1) is 5.07. The summed E-state index contributed by atoms with van der Waals surface area (Å²) in [5.74, 6) is -0.897. The van der Waals surface area contributed by atoms with Gasteiger partial charge in [-0.25, -0.2) is 4.79 Å². The minimum absolute atomic E-state index is 0.143. The zero-order chi connectivity index (χ0) is 8.85. The molecule has 0 rings (SSSR count). The van der Waals surface area contributed by atoms with E-state index in [-0.39, 0.29) is 5.38 Å². The molecule has 0 aliphatic rings. The van der Waals surface area contributed by atoms with E-state index in [4.69, 9.17) is 16.7 Å². The molecule has 2 nitrogen and oxygen atoms in total. The molecule has 1 N–H and O–H groups in total. The standard InChI is InChI=1S/C8H13ClO2/c1-3-4-7(9)5-6(2)8(10)11/h5,7H,3-4H2,1-2H3,(H,10,11). The van der Waals surface area contributed by atoms with E-state index in [1.54, 1.807) is 13.0 Å². The first-order valence-electron chi connectivity index (χ1n) is 3.63. The number of rotatable bonds is 4. The third-order valence-corrected chi connectivity index (χ3v) is 1.68. The molecule has 0 spiro atoms. The van der Waals surface area contributed by atoms with E-state index in [2.05, 4.69) is 0 Å². The molecule has 0 heterocycles. The predicted molar refractivity (Wildman–Crippen MR) is 45.9 cm³/mol. The molecular formula is C8H13ClO2. The van der Waals surface area contributed by atoms with E-state index in [0.29, 0.717) is 5.57 Å². The van der Waals surface area contributed by atoms with E-state index in [1.165, 1.54) is 0 Å². The van der Waals surface area contributed by atoms with Crippen molar-refractivity contribution in [3.8, 4) is 0 Å². The molecule has 0 aromatic heterocycles. The van der Waals surface area contributed by atoms with Gasteiger partial charge in [-0.15, -0.1) is 11.6 Å². The molecule has 0 aromatic carbocycles. The summed E-state index contributed by atoms with van der Waals surface area (Å²) in [6.07, 6.45) is 3.37. The number of allylic oxidation sites excluding steroid dienone is 1. The van der Waals surface area contributed by atoms with E-state index in [1.807, 2.05) is 6.92 Å². The van der Waals surface area contributed by atoms with Gasteiger partial charge in [0.25, 0.3) is 0 Å². The Bertz CT molecular complexity index is 163. The van der Waals surface area contributed by atoms with Gasteiger partial charge in [-0.1, -0.05) is 19.4 Å². The molecule has 0 aliphatic heterocycles. The fourth-order valence-corrected chi connectivity index (χ4v) is 1.11. The van der Waals surface area contributed by atoms with Gasteiger partial charge in [-0.2, -0.15) is 0 Å². The average molecular weight is 177 g/mol. The first-order valence-corrected chi connectivity index (χ1v) is 4.07. The number of halogens is 1. The van der Waals surface area contributed by atoms with Crippen molar-refractivity contribution in [2.75, 3.05) is 0 Å². The molecule has 0 saturated carbocycles. The van der Waals surface area contributed by atoms with Crippen LogP contribution in [0.3, 0.4) is 0 Å². The van der Waals surface area contributed by atoms with E-state index in [0.717, 1.165) is 12.8 Å². The molecule has 0 bridgehead atoms. The van der Waals surface area contributed by atoms with Crippen molar-refractivity contribution in [3.05, 3.63) is 11.6 Å². The van der Waals surface area contributed by atoms with Gasteiger partial charge in [-0.3, -0.25) is 0 Å². The van der Waals surface area contributed by atoms with Crippen LogP contribution in [0.1, 0.15) is 26.7 Å². The van der Waals surface area contributed by atoms with Gasteiger partial charge in [0.05, 0.1) is 5.38 Å². The number of carboxylic acid groups (broad SMARTS) is 1. The third-order valence-electron chi connectivity index (χ3n) is 1.33. The lowest BCUT2D eigenvalue weighted by Crippen LogP contribution is -2.01. The summed E-state index contributed by atoms with van der Waals surface area (Å²) in [7, 11) is 0. The highest BCUT2D eigenvalue weighted by atomic mass is 35.5. The fraction of sp³-hybridized carbons (Fsp3) is 0.625. The lowest BCUT2D eigenvalue weighted by molar-refractivity contribution is -0.132. The van der Waals surface area contributed by atoms with Gasteiger partial charge in [0.2, 0.25) is 0 Å². The van der Waals surface area contributed by atoms with Crippen LogP contribution in [-0.2, 0) is 4.79 Å². The van der Waals surface area contributed by atoms with Crippen LogP contribution in [0.25, 0.3) is 0 Å². The fourth-order valence-electron chi connectivity index (χ4n) is 0.702. The molecule has 11 heavy (non-hydrogen) atoms. The molecule has 0 saturated heterocycles. The summed E-state index contributed by atoms with van der Waals surface area (Å²) < 4.78 is 0. The molecule has 64 valence electrons. The maximum absolute atomic E-state index is 10.3. The van der Waals surface area contributed by atoms with E-state index < -0.39 is 5.97 Å². The summed E-state index contributed by atoms with van der Waals surface area (Å²) in [6, 6.07) is 0. The van der Waals surface area contributed by atoms with Crippen LogP contribution in [0.15, 0.2) is 11.6 Å². The van der Waals surface area contributed by atoms with E-state index >= 15 is 0 Å². The quantitative estimate of drug-likeness (QED) is 0.528. The van der Waals surface area contributed by atoms with Gasteiger partial charge in [0, 0.05) is 5.57 Å². The highest BCUT2D eigenvalue weighted by molar-refractivity contribution is 6.22. The Morgan fingerprint density at radius 3 is 2.64 bits per heavy atom.